The summed E-state index contributed by atoms with van der Waals surface area (Å²) in [6, 6.07) is 0.615. The first-order valence-corrected chi connectivity index (χ1v) is 7.58. The summed E-state index contributed by atoms with van der Waals surface area (Å²) in [7, 11) is 2.14. The molecule has 0 aromatic rings. The molecule has 3 nitrogen and oxygen atoms in total. The van der Waals surface area contributed by atoms with E-state index in [0.717, 1.165) is 32.2 Å². The summed E-state index contributed by atoms with van der Waals surface area (Å²) in [5.41, 5.74) is -0.443. The molecular weight excluding hydrogens is 226 g/mol. The summed E-state index contributed by atoms with van der Waals surface area (Å²) >= 11 is 0. The molecule has 0 aromatic carbocycles. The maximum Gasteiger partial charge on any atom is 0.310 e. The molecule has 1 N–H and O–H groups in total. The second-order valence-corrected chi connectivity index (χ2v) is 6.35. The SMILES string of the molecule is CN(CC1(C(=O)O)CCCC1)C1CCCCCC1. The van der Waals surface area contributed by atoms with Crippen LogP contribution in [0.5, 0.6) is 0 Å². The first-order chi connectivity index (χ1) is 8.64. The van der Waals surface area contributed by atoms with Gasteiger partial charge >= 0.3 is 5.97 Å². The van der Waals surface area contributed by atoms with Crippen molar-refractivity contribution in [3.8, 4) is 0 Å². The van der Waals surface area contributed by atoms with Crippen LogP contribution in [0.4, 0.5) is 0 Å². The topological polar surface area (TPSA) is 40.5 Å². The zero-order valence-electron chi connectivity index (χ0n) is 11.7. The van der Waals surface area contributed by atoms with E-state index in [9.17, 15) is 9.90 Å². The van der Waals surface area contributed by atoms with Crippen LogP contribution in [0.3, 0.4) is 0 Å². The van der Waals surface area contributed by atoms with E-state index in [1.165, 1.54) is 38.5 Å². The van der Waals surface area contributed by atoms with E-state index < -0.39 is 11.4 Å². The van der Waals surface area contributed by atoms with E-state index in [-0.39, 0.29) is 0 Å². The van der Waals surface area contributed by atoms with Crippen LogP contribution >= 0.6 is 0 Å². The highest BCUT2D eigenvalue weighted by atomic mass is 16.4. The molecule has 0 radical (unpaired) electrons. The largest absolute Gasteiger partial charge is 0.481 e. The lowest BCUT2D eigenvalue weighted by molar-refractivity contribution is -0.150. The van der Waals surface area contributed by atoms with E-state index in [2.05, 4.69) is 11.9 Å². The van der Waals surface area contributed by atoms with Crippen molar-refractivity contribution in [2.45, 2.75) is 70.3 Å². The van der Waals surface area contributed by atoms with Gasteiger partial charge in [-0.25, -0.2) is 0 Å². The highest BCUT2D eigenvalue weighted by molar-refractivity contribution is 5.75. The van der Waals surface area contributed by atoms with Gasteiger partial charge in [-0.1, -0.05) is 38.5 Å². The molecule has 0 aromatic heterocycles. The molecule has 2 aliphatic carbocycles. The van der Waals surface area contributed by atoms with Gasteiger partial charge in [0.25, 0.3) is 0 Å². The minimum absolute atomic E-state index is 0.443. The first kappa shape index (κ1) is 13.9. The molecule has 0 amide bonds. The molecule has 104 valence electrons. The Kier molecular flexibility index (Phi) is 4.66. The molecule has 0 bridgehead atoms. The second kappa shape index (κ2) is 6.05. The molecule has 0 heterocycles. The van der Waals surface area contributed by atoms with E-state index in [1.54, 1.807) is 0 Å². The third kappa shape index (κ3) is 3.05. The van der Waals surface area contributed by atoms with Crippen molar-refractivity contribution in [1.82, 2.24) is 4.90 Å². The fourth-order valence-electron chi connectivity index (χ4n) is 3.80. The second-order valence-electron chi connectivity index (χ2n) is 6.35. The fraction of sp³-hybridized carbons (Fsp3) is 0.933. The highest BCUT2D eigenvalue weighted by Gasteiger charge is 2.42. The van der Waals surface area contributed by atoms with Crippen molar-refractivity contribution in [3.05, 3.63) is 0 Å². The molecule has 0 aliphatic heterocycles. The third-order valence-electron chi connectivity index (χ3n) is 5.01. The van der Waals surface area contributed by atoms with Gasteiger partial charge < -0.3 is 10.0 Å². The molecule has 0 spiro atoms. The predicted octanol–water partition coefficient (Wildman–Crippen LogP) is 3.29. The average Bonchev–Trinajstić information content (AvgIpc) is 2.65. The predicted molar refractivity (Wildman–Crippen MR) is 72.7 cm³/mol. The van der Waals surface area contributed by atoms with Crippen LogP contribution in [0.15, 0.2) is 0 Å². The van der Waals surface area contributed by atoms with Gasteiger partial charge in [-0.15, -0.1) is 0 Å². The molecule has 2 rings (SSSR count). The first-order valence-electron chi connectivity index (χ1n) is 7.58. The minimum Gasteiger partial charge on any atom is -0.481 e. The average molecular weight is 253 g/mol. The number of hydrogen-bond acceptors (Lipinski definition) is 2. The van der Waals surface area contributed by atoms with Crippen molar-refractivity contribution >= 4 is 5.97 Å². The Hall–Kier alpha value is -0.570. The molecule has 0 unspecified atom stereocenters. The summed E-state index contributed by atoms with van der Waals surface area (Å²) in [5.74, 6) is -0.569. The lowest BCUT2D eigenvalue weighted by Crippen LogP contribution is -2.44. The number of aliphatic carboxylic acids is 1. The van der Waals surface area contributed by atoms with Gasteiger partial charge in [-0.2, -0.15) is 0 Å². The molecule has 3 heteroatoms. The molecule has 0 atom stereocenters. The smallest absolute Gasteiger partial charge is 0.310 e. The summed E-state index contributed by atoms with van der Waals surface area (Å²) in [5, 5.41) is 9.54. The van der Waals surface area contributed by atoms with Gasteiger partial charge in [0.15, 0.2) is 0 Å². The lowest BCUT2D eigenvalue weighted by atomic mass is 9.85. The normalized spacial score (nSPS) is 25.2. The highest BCUT2D eigenvalue weighted by Crippen LogP contribution is 2.39. The van der Waals surface area contributed by atoms with Crippen LogP contribution in [-0.4, -0.2) is 35.6 Å². The van der Waals surface area contributed by atoms with Crippen LogP contribution < -0.4 is 0 Å². The van der Waals surface area contributed by atoms with E-state index in [4.69, 9.17) is 0 Å². The Morgan fingerprint density at radius 1 is 1.11 bits per heavy atom. The Balaban J connectivity index is 1.95. The molecular formula is C15H27NO2. The molecule has 0 saturated heterocycles. The fourth-order valence-corrected chi connectivity index (χ4v) is 3.80. The summed E-state index contributed by atoms with van der Waals surface area (Å²) in [6.45, 7) is 0.757. The number of carboxylic acid groups (broad SMARTS) is 1. The molecule has 2 fully saturated rings. The quantitative estimate of drug-likeness (QED) is 0.782. The van der Waals surface area contributed by atoms with E-state index in [0.29, 0.717) is 6.04 Å². The zero-order valence-corrected chi connectivity index (χ0v) is 11.7. The Labute approximate surface area is 111 Å². The van der Waals surface area contributed by atoms with Gasteiger partial charge in [-0.05, 0) is 32.7 Å². The summed E-state index contributed by atoms with van der Waals surface area (Å²) < 4.78 is 0. The Bertz CT molecular complexity index is 276. The number of rotatable bonds is 4. The van der Waals surface area contributed by atoms with Gasteiger partial charge in [-0.3, -0.25) is 4.79 Å². The van der Waals surface area contributed by atoms with Crippen molar-refractivity contribution in [3.63, 3.8) is 0 Å². The molecule has 18 heavy (non-hydrogen) atoms. The number of nitrogens with zero attached hydrogens (tertiary/aromatic N) is 1. The lowest BCUT2D eigenvalue weighted by Gasteiger charge is -2.34. The van der Waals surface area contributed by atoms with Crippen LogP contribution in [0.1, 0.15) is 64.2 Å². The van der Waals surface area contributed by atoms with Gasteiger partial charge in [0.2, 0.25) is 0 Å². The number of carboxylic acids is 1. The number of hydrogen-bond donors (Lipinski definition) is 1. The van der Waals surface area contributed by atoms with Crippen LogP contribution in [-0.2, 0) is 4.79 Å². The maximum atomic E-state index is 11.6. The zero-order chi connectivity index (χ0) is 13.0. The van der Waals surface area contributed by atoms with Crippen LogP contribution in [0.2, 0.25) is 0 Å². The van der Waals surface area contributed by atoms with Crippen molar-refractivity contribution in [1.29, 1.82) is 0 Å². The summed E-state index contributed by atoms with van der Waals surface area (Å²) in [4.78, 5) is 13.9. The third-order valence-corrected chi connectivity index (χ3v) is 5.01. The Morgan fingerprint density at radius 3 is 2.17 bits per heavy atom. The standard InChI is InChI=1S/C15H27NO2/c1-16(13-8-4-2-3-5-9-13)12-15(14(17)18)10-6-7-11-15/h13H,2-12H2,1H3,(H,17,18). The van der Waals surface area contributed by atoms with Crippen molar-refractivity contribution < 1.29 is 9.90 Å². The monoisotopic (exact) mass is 253 g/mol. The van der Waals surface area contributed by atoms with Gasteiger partial charge in [0.1, 0.15) is 0 Å². The van der Waals surface area contributed by atoms with E-state index >= 15 is 0 Å². The van der Waals surface area contributed by atoms with Gasteiger partial charge in [0, 0.05) is 12.6 Å². The van der Waals surface area contributed by atoms with Crippen LogP contribution in [0.25, 0.3) is 0 Å². The van der Waals surface area contributed by atoms with Crippen LogP contribution in [0, 0.1) is 5.41 Å². The van der Waals surface area contributed by atoms with Crippen molar-refractivity contribution in [2.24, 2.45) is 5.41 Å². The molecule has 2 aliphatic rings. The molecule has 2 saturated carbocycles. The Morgan fingerprint density at radius 2 is 1.67 bits per heavy atom. The van der Waals surface area contributed by atoms with Crippen molar-refractivity contribution in [2.75, 3.05) is 13.6 Å². The maximum absolute atomic E-state index is 11.6. The van der Waals surface area contributed by atoms with Gasteiger partial charge in [0.05, 0.1) is 5.41 Å². The van der Waals surface area contributed by atoms with E-state index in [1.807, 2.05) is 0 Å². The number of carbonyl (C=O) groups is 1. The summed E-state index contributed by atoms with van der Waals surface area (Å²) in [6.07, 6.45) is 11.8. The minimum atomic E-state index is -0.569.